The van der Waals surface area contributed by atoms with E-state index in [9.17, 15) is 0 Å². The molecule has 1 heteroatoms. The summed E-state index contributed by atoms with van der Waals surface area (Å²) in [6, 6.07) is 0. The zero-order valence-electron chi connectivity index (χ0n) is 8.54. The van der Waals surface area contributed by atoms with E-state index in [1.165, 1.54) is 51.4 Å². The molecule has 2 atom stereocenters. The molecule has 1 aliphatic heterocycles. The lowest BCUT2D eigenvalue weighted by atomic mass is 10.1. The van der Waals surface area contributed by atoms with Crippen LogP contribution in [0.2, 0.25) is 0 Å². The Morgan fingerprint density at radius 3 is 2.77 bits per heavy atom. The standard InChI is InChI=1S/C12H21N/c1-2-4-6-11-10-12(11)7-9-13-8-5-3-1/h9,11-12H,1-8,10H2. The van der Waals surface area contributed by atoms with Gasteiger partial charge < -0.3 is 0 Å². The van der Waals surface area contributed by atoms with E-state index in [0.29, 0.717) is 0 Å². The predicted molar refractivity (Wildman–Crippen MR) is 57.3 cm³/mol. The molecule has 0 aromatic carbocycles. The third-order valence-electron chi connectivity index (χ3n) is 3.47. The van der Waals surface area contributed by atoms with Crippen LogP contribution in [0.3, 0.4) is 0 Å². The van der Waals surface area contributed by atoms with E-state index < -0.39 is 0 Å². The quantitative estimate of drug-likeness (QED) is 0.540. The molecule has 0 spiro atoms. The monoisotopic (exact) mass is 179 g/mol. The molecule has 0 N–H and O–H groups in total. The Morgan fingerprint density at radius 2 is 1.77 bits per heavy atom. The number of hydrogen-bond donors (Lipinski definition) is 0. The molecule has 1 saturated carbocycles. The predicted octanol–water partition coefficient (Wildman–Crippen LogP) is 3.44. The van der Waals surface area contributed by atoms with E-state index in [2.05, 4.69) is 11.2 Å². The average Bonchev–Trinajstić information content (AvgIpc) is 2.83. The Kier molecular flexibility index (Phi) is 3.40. The van der Waals surface area contributed by atoms with Crippen molar-refractivity contribution in [2.75, 3.05) is 6.54 Å². The van der Waals surface area contributed by atoms with Crippen LogP contribution in [0.5, 0.6) is 0 Å². The van der Waals surface area contributed by atoms with E-state index >= 15 is 0 Å². The third-order valence-corrected chi connectivity index (χ3v) is 3.47. The Labute approximate surface area is 81.6 Å². The van der Waals surface area contributed by atoms with Crippen molar-refractivity contribution >= 4 is 6.21 Å². The normalized spacial score (nSPS) is 35.7. The van der Waals surface area contributed by atoms with Crippen LogP contribution in [0.15, 0.2) is 4.99 Å². The lowest BCUT2D eigenvalue weighted by Crippen LogP contribution is -1.90. The number of hydrogen-bond acceptors (Lipinski definition) is 1. The van der Waals surface area contributed by atoms with Crippen LogP contribution in [0.25, 0.3) is 0 Å². The van der Waals surface area contributed by atoms with Gasteiger partial charge in [-0.15, -0.1) is 0 Å². The molecular weight excluding hydrogens is 158 g/mol. The molecule has 1 nitrogen and oxygen atoms in total. The summed E-state index contributed by atoms with van der Waals surface area (Å²) in [4.78, 5) is 4.46. The molecular formula is C12H21N. The van der Waals surface area contributed by atoms with Crippen LogP contribution in [0.1, 0.15) is 51.4 Å². The second kappa shape index (κ2) is 4.78. The first-order chi connectivity index (χ1) is 6.47. The van der Waals surface area contributed by atoms with Crippen molar-refractivity contribution in [2.24, 2.45) is 16.8 Å². The van der Waals surface area contributed by atoms with Gasteiger partial charge in [-0.25, -0.2) is 0 Å². The summed E-state index contributed by atoms with van der Waals surface area (Å²) in [5.41, 5.74) is 0. The highest BCUT2D eigenvalue weighted by Crippen LogP contribution is 2.44. The van der Waals surface area contributed by atoms with Crippen LogP contribution >= 0.6 is 0 Å². The Balaban J connectivity index is 1.74. The van der Waals surface area contributed by atoms with Crippen LogP contribution in [0.4, 0.5) is 0 Å². The van der Waals surface area contributed by atoms with Gasteiger partial charge in [0.1, 0.15) is 0 Å². The van der Waals surface area contributed by atoms with E-state index in [4.69, 9.17) is 0 Å². The van der Waals surface area contributed by atoms with E-state index in [1.807, 2.05) is 0 Å². The van der Waals surface area contributed by atoms with Crippen LogP contribution < -0.4 is 0 Å². The van der Waals surface area contributed by atoms with Gasteiger partial charge in [-0.2, -0.15) is 0 Å². The van der Waals surface area contributed by atoms with Crippen molar-refractivity contribution in [3.05, 3.63) is 0 Å². The minimum atomic E-state index is 1.02. The third kappa shape index (κ3) is 3.13. The molecule has 0 aromatic rings. The zero-order chi connectivity index (χ0) is 8.93. The molecule has 13 heavy (non-hydrogen) atoms. The smallest absolute Gasteiger partial charge is 0.0385 e. The molecule has 0 radical (unpaired) electrons. The van der Waals surface area contributed by atoms with Crippen LogP contribution in [0, 0.1) is 11.8 Å². The topological polar surface area (TPSA) is 12.4 Å². The molecule has 1 aliphatic carbocycles. The number of fused-ring (bicyclic) bond motifs is 1. The first-order valence-electron chi connectivity index (χ1n) is 5.95. The Bertz CT molecular complexity index is 174. The molecule has 74 valence electrons. The van der Waals surface area contributed by atoms with Crippen LogP contribution in [-0.2, 0) is 0 Å². The molecule has 2 unspecified atom stereocenters. The average molecular weight is 179 g/mol. The molecule has 0 amide bonds. The minimum Gasteiger partial charge on any atom is -0.298 e. The van der Waals surface area contributed by atoms with Gasteiger partial charge in [0.25, 0.3) is 0 Å². The van der Waals surface area contributed by atoms with Crippen molar-refractivity contribution in [3.63, 3.8) is 0 Å². The first kappa shape index (κ1) is 9.23. The van der Waals surface area contributed by atoms with Gasteiger partial charge in [-0.3, -0.25) is 4.99 Å². The molecule has 1 heterocycles. The first-order valence-corrected chi connectivity index (χ1v) is 5.95. The zero-order valence-corrected chi connectivity index (χ0v) is 8.54. The van der Waals surface area contributed by atoms with Gasteiger partial charge in [0.2, 0.25) is 0 Å². The number of rotatable bonds is 0. The van der Waals surface area contributed by atoms with Gasteiger partial charge in [0.15, 0.2) is 0 Å². The van der Waals surface area contributed by atoms with Crippen LogP contribution in [-0.4, -0.2) is 12.8 Å². The van der Waals surface area contributed by atoms with Crippen molar-refractivity contribution in [1.29, 1.82) is 0 Å². The van der Waals surface area contributed by atoms with Gasteiger partial charge in [0.05, 0.1) is 0 Å². The lowest BCUT2D eigenvalue weighted by Gasteiger charge is -2.02. The maximum absolute atomic E-state index is 4.46. The molecule has 0 aromatic heterocycles. The molecule has 0 saturated heterocycles. The highest BCUT2D eigenvalue weighted by Gasteiger charge is 2.34. The Hall–Kier alpha value is -0.330. The summed E-state index contributed by atoms with van der Waals surface area (Å²) < 4.78 is 0. The summed E-state index contributed by atoms with van der Waals surface area (Å²) in [5.74, 6) is 2.09. The second-order valence-electron chi connectivity index (χ2n) is 4.64. The fourth-order valence-electron chi connectivity index (χ4n) is 2.39. The van der Waals surface area contributed by atoms with Crippen molar-refractivity contribution in [1.82, 2.24) is 0 Å². The van der Waals surface area contributed by atoms with E-state index in [0.717, 1.165) is 18.4 Å². The summed E-state index contributed by atoms with van der Waals surface area (Å²) in [6.07, 6.45) is 13.5. The highest BCUT2D eigenvalue weighted by molar-refractivity contribution is 5.58. The van der Waals surface area contributed by atoms with Crippen molar-refractivity contribution < 1.29 is 0 Å². The summed E-state index contributed by atoms with van der Waals surface area (Å²) in [7, 11) is 0. The SMILES string of the molecule is C1=NCCCCCCCC2CC2C1. The molecule has 2 aliphatic rings. The largest absolute Gasteiger partial charge is 0.298 e. The summed E-state index contributed by atoms with van der Waals surface area (Å²) in [6.45, 7) is 1.08. The van der Waals surface area contributed by atoms with Crippen molar-refractivity contribution in [2.45, 2.75) is 51.4 Å². The van der Waals surface area contributed by atoms with Crippen molar-refractivity contribution in [3.8, 4) is 0 Å². The minimum absolute atomic E-state index is 1.02. The summed E-state index contributed by atoms with van der Waals surface area (Å²) in [5, 5.41) is 0. The molecule has 1 fully saturated rings. The van der Waals surface area contributed by atoms with Gasteiger partial charge in [0, 0.05) is 6.54 Å². The summed E-state index contributed by atoms with van der Waals surface area (Å²) >= 11 is 0. The molecule has 0 bridgehead atoms. The van der Waals surface area contributed by atoms with E-state index in [-0.39, 0.29) is 0 Å². The van der Waals surface area contributed by atoms with Gasteiger partial charge >= 0.3 is 0 Å². The maximum Gasteiger partial charge on any atom is 0.0385 e. The fourth-order valence-corrected chi connectivity index (χ4v) is 2.39. The highest BCUT2D eigenvalue weighted by atomic mass is 14.7. The number of nitrogens with zero attached hydrogens (tertiary/aromatic N) is 1. The molecule has 2 rings (SSSR count). The van der Waals surface area contributed by atoms with Gasteiger partial charge in [-0.05, 0) is 37.3 Å². The lowest BCUT2D eigenvalue weighted by molar-refractivity contribution is 0.552. The van der Waals surface area contributed by atoms with E-state index in [1.54, 1.807) is 0 Å². The number of aliphatic imine (C=N–C) groups is 1. The second-order valence-corrected chi connectivity index (χ2v) is 4.64. The fraction of sp³-hybridized carbons (Fsp3) is 0.917. The van der Waals surface area contributed by atoms with Gasteiger partial charge in [-0.1, -0.05) is 32.1 Å². The maximum atomic E-state index is 4.46. The Morgan fingerprint density at radius 1 is 0.923 bits per heavy atom.